The third kappa shape index (κ3) is 11.4. The van der Waals surface area contributed by atoms with Gasteiger partial charge in [0.15, 0.2) is 0 Å². The number of nitrogens with zero attached hydrogens (tertiary/aromatic N) is 3. The average molecular weight is 235 g/mol. The molecule has 4 nitrogen and oxygen atoms in total. The van der Waals surface area contributed by atoms with Crippen LogP contribution in [0.5, 0.6) is 0 Å². The van der Waals surface area contributed by atoms with E-state index in [9.17, 15) is 0 Å². The fraction of sp³-hybridized carbons (Fsp3) is 0.750. The van der Waals surface area contributed by atoms with Crippen LogP contribution >= 0.6 is 0 Å². The summed E-state index contributed by atoms with van der Waals surface area (Å²) in [5.41, 5.74) is 0. The fourth-order valence-electron chi connectivity index (χ4n) is 0.129. The minimum absolute atomic E-state index is 0.637. The van der Waals surface area contributed by atoms with Crippen LogP contribution < -0.4 is 0 Å². The van der Waals surface area contributed by atoms with Gasteiger partial charge < -0.3 is 0 Å². The van der Waals surface area contributed by atoms with Crippen LogP contribution in [0, 0.1) is 0 Å². The van der Waals surface area contributed by atoms with Crippen LogP contribution in [0.15, 0.2) is 6.33 Å². The zero-order chi connectivity index (χ0) is 7.11. The van der Waals surface area contributed by atoms with E-state index in [0.29, 0.717) is 0 Å². The average Bonchev–Trinajstić information content (AvgIpc) is 2.11. The molecule has 9 heavy (non-hydrogen) atoms. The van der Waals surface area contributed by atoms with Gasteiger partial charge >= 0.3 is 34.6 Å². The Morgan fingerprint density at radius 1 is 1.33 bits per heavy atom. The summed E-state index contributed by atoms with van der Waals surface area (Å²) in [4.78, 5) is 7.13. The van der Waals surface area contributed by atoms with Crippen LogP contribution in [-0.4, -0.2) is 40.4 Å². The Kier molecular flexibility index (Phi) is 5.91. The first kappa shape index (κ1) is 8.87. The van der Waals surface area contributed by atoms with Gasteiger partial charge in [-0.05, 0) is 10.4 Å². The van der Waals surface area contributed by atoms with Crippen LogP contribution in [0.2, 0.25) is 14.8 Å². The van der Waals surface area contributed by atoms with Gasteiger partial charge in [0.2, 0.25) is 0 Å². The summed E-state index contributed by atoms with van der Waals surface area (Å²) in [6, 6.07) is 0. The van der Waals surface area contributed by atoms with E-state index in [-0.39, 0.29) is 0 Å². The monoisotopic (exact) mass is 236 g/mol. The van der Waals surface area contributed by atoms with Crippen molar-refractivity contribution in [2.45, 2.75) is 14.8 Å². The first-order valence-electron chi connectivity index (χ1n) is 2.90. The van der Waals surface area contributed by atoms with Gasteiger partial charge in [0.05, 0.1) is 0 Å². The molecule has 1 heterocycles. The third-order valence-corrected chi connectivity index (χ3v) is 0.270. The van der Waals surface area contributed by atoms with Crippen LogP contribution in [0.3, 0.4) is 0 Å². The molecule has 0 bridgehead atoms. The third-order valence-electron chi connectivity index (χ3n) is 0.270. The second-order valence-corrected chi connectivity index (χ2v) is 12.2. The summed E-state index contributed by atoms with van der Waals surface area (Å²) in [6.07, 6.45) is 1.40. The SMILES string of the molecule is [CH3][SnH]([CH3])[CH3].c1nnn[nH]1. The summed E-state index contributed by atoms with van der Waals surface area (Å²) in [6.45, 7) is 0. The molecule has 0 saturated heterocycles. The molecule has 0 atom stereocenters. The van der Waals surface area contributed by atoms with E-state index in [1.165, 1.54) is 6.33 Å². The molecule has 0 aliphatic rings. The van der Waals surface area contributed by atoms with E-state index in [2.05, 4.69) is 35.4 Å². The van der Waals surface area contributed by atoms with Gasteiger partial charge in [0, 0.05) is 0 Å². The van der Waals surface area contributed by atoms with Crippen molar-refractivity contribution >= 4 is 19.8 Å². The van der Waals surface area contributed by atoms with Gasteiger partial charge in [-0.25, -0.2) is 5.10 Å². The number of aromatic nitrogens is 4. The number of hydrogen-bond donors (Lipinski definition) is 1. The van der Waals surface area contributed by atoms with Crippen molar-refractivity contribution in [3.63, 3.8) is 0 Å². The van der Waals surface area contributed by atoms with Crippen molar-refractivity contribution in [1.82, 2.24) is 20.6 Å². The Morgan fingerprint density at radius 2 is 1.89 bits per heavy atom. The van der Waals surface area contributed by atoms with Crippen molar-refractivity contribution < 1.29 is 0 Å². The second kappa shape index (κ2) is 6.00. The van der Waals surface area contributed by atoms with E-state index in [1.807, 2.05) is 0 Å². The first-order valence-corrected chi connectivity index (χ1v) is 12.8. The van der Waals surface area contributed by atoms with Crippen LogP contribution in [-0.2, 0) is 0 Å². The number of rotatable bonds is 0. The van der Waals surface area contributed by atoms with E-state index in [1.54, 1.807) is 0 Å². The van der Waals surface area contributed by atoms with Gasteiger partial charge in [-0.2, -0.15) is 0 Å². The molecule has 5 heteroatoms. The van der Waals surface area contributed by atoms with Gasteiger partial charge in [-0.15, -0.1) is 5.10 Å². The predicted molar refractivity (Wildman–Crippen MR) is 38.9 cm³/mol. The molecule has 0 unspecified atom stereocenters. The molecule has 1 N–H and O–H groups in total. The Balaban J connectivity index is 0.000000148. The number of aromatic amines is 1. The Labute approximate surface area is 61.8 Å². The molecule has 1 rings (SSSR count). The molecular weight excluding hydrogens is 223 g/mol. The molecule has 0 saturated carbocycles. The maximum Gasteiger partial charge on any atom is 0.135 e. The van der Waals surface area contributed by atoms with E-state index >= 15 is 0 Å². The maximum atomic E-state index is 3.31. The molecule has 52 valence electrons. The van der Waals surface area contributed by atoms with Crippen molar-refractivity contribution in [2.24, 2.45) is 0 Å². The predicted octanol–water partition coefficient (Wildman–Crippen LogP) is 0.303. The van der Waals surface area contributed by atoms with Gasteiger partial charge in [-0.3, -0.25) is 0 Å². The molecule has 0 aliphatic carbocycles. The summed E-state index contributed by atoms with van der Waals surface area (Å²) >= 11 is -0.637. The van der Waals surface area contributed by atoms with E-state index in [4.69, 9.17) is 0 Å². The normalized spacial score (nSPS) is 8.44. The molecular formula is C4H12N4Sn. The minimum atomic E-state index is -0.637. The van der Waals surface area contributed by atoms with Crippen molar-refractivity contribution in [2.75, 3.05) is 0 Å². The fourth-order valence-corrected chi connectivity index (χ4v) is 0.129. The van der Waals surface area contributed by atoms with Crippen LogP contribution in [0.1, 0.15) is 0 Å². The molecule has 0 aromatic carbocycles. The number of nitrogens with one attached hydrogen (secondary N) is 1. The molecule has 0 spiro atoms. The summed E-state index contributed by atoms with van der Waals surface area (Å²) < 4.78 is 0. The van der Waals surface area contributed by atoms with Gasteiger partial charge in [-0.1, -0.05) is 0 Å². The van der Waals surface area contributed by atoms with Gasteiger partial charge in [0.25, 0.3) is 0 Å². The molecule has 0 amide bonds. The van der Waals surface area contributed by atoms with Crippen LogP contribution in [0.25, 0.3) is 0 Å². The smallest absolute Gasteiger partial charge is 0.135 e. The van der Waals surface area contributed by atoms with Crippen LogP contribution in [0.4, 0.5) is 0 Å². The molecule has 0 aliphatic heterocycles. The maximum absolute atomic E-state index is 3.31. The molecule has 1 aromatic rings. The second-order valence-electron chi connectivity index (χ2n) is 2.30. The first-order chi connectivity index (χ1) is 4.23. The summed E-state index contributed by atoms with van der Waals surface area (Å²) in [5.74, 6) is 0. The number of tetrazole rings is 1. The minimum Gasteiger partial charge on any atom is -0.246 e. The van der Waals surface area contributed by atoms with Crippen molar-refractivity contribution in [3.8, 4) is 0 Å². The van der Waals surface area contributed by atoms with E-state index in [0.717, 1.165) is 0 Å². The zero-order valence-electron chi connectivity index (χ0n) is 6.00. The summed E-state index contributed by atoms with van der Waals surface area (Å²) in [7, 11) is 0. The van der Waals surface area contributed by atoms with Gasteiger partial charge in [0.1, 0.15) is 6.33 Å². The number of H-pyrrole nitrogens is 1. The summed E-state index contributed by atoms with van der Waals surface area (Å²) in [5, 5.41) is 12.1. The Morgan fingerprint density at radius 3 is 2.00 bits per heavy atom. The Bertz CT molecular complexity index is 96.2. The zero-order valence-corrected chi connectivity index (χ0v) is 9.29. The quantitative estimate of drug-likeness (QED) is 0.658. The van der Waals surface area contributed by atoms with Crippen molar-refractivity contribution in [1.29, 1.82) is 0 Å². The molecule has 0 fully saturated rings. The Hall–Kier alpha value is -0.131. The standard InChI is InChI=1S/CH2N4.3CH3.Sn.H/c1-2-4-5-3-1;;;;;/h1H,(H,2,3,4,5);3*1H3;;. The topological polar surface area (TPSA) is 54.5 Å². The molecule has 0 radical (unpaired) electrons. The van der Waals surface area contributed by atoms with Crippen molar-refractivity contribution in [3.05, 3.63) is 6.33 Å². The molecule has 1 aromatic heterocycles. The largest absolute Gasteiger partial charge is 0.246 e. The number of hydrogen-bond acceptors (Lipinski definition) is 3. The van der Waals surface area contributed by atoms with E-state index < -0.39 is 19.8 Å².